The number of nitriles is 1. The van der Waals surface area contributed by atoms with Crippen LogP contribution in [0.15, 0.2) is 106 Å². The minimum Gasteiger partial charge on any atom is -0.496 e. The molecule has 0 spiro atoms. The highest BCUT2D eigenvalue weighted by Crippen LogP contribution is 2.43. The summed E-state index contributed by atoms with van der Waals surface area (Å²) >= 11 is 0.776. The monoisotopic (exact) mass is 669 g/mol. The molecule has 1 aromatic heterocycles. The Kier molecular flexibility index (Phi) is 8.88. The standard InChI is InChI=1S/C36H26F3N3O5S/c1-3-46-34(44)30-31(29-26-11-7-6-8-22(26)14-17-27(29)45-2)42-33(43)28(48-35(42)41-32(30)36(37,38)39)18-21-12-15-25(16-13-21)47-20-24-10-5-4-9-23(24)19-40/h4-18,31H,3,20H2,1-2H3/b28-18+/t31-/m1/s1. The van der Waals surface area contributed by atoms with E-state index in [0.717, 1.165) is 21.5 Å². The highest BCUT2D eigenvalue weighted by molar-refractivity contribution is 7.07. The molecular formula is C36H26F3N3O5S. The number of carbonyl (C=O) groups excluding carboxylic acids is 1. The topological polar surface area (TPSA) is 103 Å². The normalized spacial score (nSPS) is 14.7. The molecule has 0 aliphatic carbocycles. The Bertz CT molecular complexity index is 2300. The molecule has 0 N–H and O–H groups in total. The average molecular weight is 670 g/mol. The Balaban J connectivity index is 1.50. The van der Waals surface area contributed by atoms with E-state index in [1.165, 1.54) is 20.1 Å². The van der Waals surface area contributed by atoms with E-state index in [9.17, 15) is 28.0 Å². The van der Waals surface area contributed by atoms with E-state index in [4.69, 9.17) is 14.2 Å². The predicted molar refractivity (Wildman–Crippen MR) is 173 cm³/mol. The lowest BCUT2D eigenvalue weighted by Crippen LogP contribution is -2.41. The van der Waals surface area contributed by atoms with Crippen molar-refractivity contribution in [3.63, 3.8) is 0 Å². The van der Waals surface area contributed by atoms with Gasteiger partial charge >= 0.3 is 12.1 Å². The number of carbonyl (C=O) groups is 1. The molecule has 0 radical (unpaired) electrons. The third kappa shape index (κ3) is 6.08. The van der Waals surface area contributed by atoms with Gasteiger partial charge in [-0.3, -0.25) is 9.36 Å². The van der Waals surface area contributed by atoms with Gasteiger partial charge in [-0.1, -0.05) is 72.0 Å². The second kappa shape index (κ2) is 13.2. The molecule has 8 nitrogen and oxygen atoms in total. The molecule has 6 rings (SSSR count). The van der Waals surface area contributed by atoms with Gasteiger partial charge < -0.3 is 14.2 Å². The van der Waals surface area contributed by atoms with Crippen molar-refractivity contribution in [3.8, 4) is 17.6 Å². The number of allylic oxidation sites excluding steroid dienone is 1. The number of esters is 1. The van der Waals surface area contributed by atoms with Crippen molar-refractivity contribution in [2.24, 2.45) is 4.99 Å². The fourth-order valence-corrected chi connectivity index (χ4v) is 6.58. The number of ether oxygens (including phenoxy) is 3. The number of aromatic nitrogens is 1. The van der Waals surface area contributed by atoms with Gasteiger partial charge in [0.2, 0.25) is 0 Å². The van der Waals surface area contributed by atoms with E-state index < -0.39 is 35.0 Å². The van der Waals surface area contributed by atoms with Gasteiger partial charge in [0, 0.05) is 11.1 Å². The van der Waals surface area contributed by atoms with E-state index in [-0.39, 0.29) is 33.9 Å². The quantitative estimate of drug-likeness (QED) is 0.189. The third-order valence-electron chi connectivity index (χ3n) is 7.73. The van der Waals surface area contributed by atoms with Crippen LogP contribution in [0.5, 0.6) is 11.5 Å². The maximum Gasteiger partial charge on any atom is 0.434 e. The molecule has 2 heterocycles. The molecular weight excluding hydrogens is 643 g/mol. The second-order valence-corrected chi connectivity index (χ2v) is 11.6. The maximum atomic E-state index is 14.7. The van der Waals surface area contributed by atoms with E-state index in [2.05, 4.69) is 11.1 Å². The second-order valence-electron chi connectivity index (χ2n) is 10.6. The number of hydrogen-bond acceptors (Lipinski definition) is 8. The molecule has 0 saturated carbocycles. The number of nitrogens with zero attached hydrogens (tertiary/aromatic N) is 3. The van der Waals surface area contributed by atoms with Gasteiger partial charge in [0.25, 0.3) is 5.56 Å². The van der Waals surface area contributed by atoms with E-state index in [1.807, 2.05) is 6.07 Å². The molecule has 5 aromatic rings. The molecule has 0 unspecified atom stereocenters. The predicted octanol–water partition coefficient (Wildman–Crippen LogP) is 5.95. The van der Waals surface area contributed by atoms with Crippen LogP contribution >= 0.6 is 11.3 Å². The van der Waals surface area contributed by atoms with Gasteiger partial charge in [-0.2, -0.15) is 18.4 Å². The molecule has 1 atom stereocenters. The minimum atomic E-state index is -5.04. The first-order valence-electron chi connectivity index (χ1n) is 14.7. The Morgan fingerprint density at radius 2 is 1.77 bits per heavy atom. The summed E-state index contributed by atoms with van der Waals surface area (Å²) in [5.41, 5.74) is -0.889. The Hall–Kier alpha value is -5.67. The summed E-state index contributed by atoms with van der Waals surface area (Å²) in [7, 11) is 1.37. The fraction of sp³-hybridized carbons (Fsp3) is 0.167. The van der Waals surface area contributed by atoms with Gasteiger partial charge in [-0.25, -0.2) is 9.79 Å². The number of fused-ring (bicyclic) bond motifs is 2. The number of alkyl halides is 3. The summed E-state index contributed by atoms with van der Waals surface area (Å²) in [5, 5.41) is 10.5. The first-order chi connectivity index (χ1) is 23.1. The first kappa shape index (κ1) is 32.3. The lowest BCUT2D eigenvalue weighted by molar-refractivity contribution is -0.140. The van der Waals surface area contributed by atoms with Crippen molar-refractivity contribution < 1.29 is 32.2 Å². The van der Waals surface area contributed by atoms with E-state index in [1.54, 1.807) is 78.9 Å². The lowest BCUT2D eigenvalue weighted by atomic mass is 9.90. The SMILES string of the molecule is CCOC(=O)C1=C(C(F)(F)F)N=c2s/c(=C/c3ccc(OCc4ccccc4C#N)cc3)c(=O)n2[C@@H]1c1c(OC)ccc2ccccc12. The zero-order chi connectivity index (χ0) is 34.0. The number of benzene rings is 4. The minimum absolute atomic E-state index is 0.0983. The van der Waals surface area contributed by atoms with Gasteiger partial charge in [-0.15, -0.1) is 0 Å². The Labute approximate surface area is 275 Å². The zero-order valence-electron chi connectivity index (χ0n) is 25.6. The highest BCUT2D eigenvalue weighted by Gasteiger charge is 2.46. The van der Waals surface area contributed by atoms with Crippen molar-refractivity contribution >= 4 is 34.2 Å². The van der Waals surface area contributed by atoms with E-state index in [0.29, 0.717) is 27.6 Å². The van der Waals surface area contributed by atoms with Crippen LogP contribution in [0.3, 0.4) is 0 Å². The molecule has 4 aromatic carbocycles. The summed E-state index contributed by atoms with van der Waals surface area (Å²) in [6.07, 6.45) is -3.51. The largest absolute Gasteiger partial charge is 0.496 e. The smallest absolute Gasteiger partial charge is 0.434 e. The average Bonchev–Trinajstić information content (AvgIpc) is 3.40. The van der Waals surface area contributed by atoms with Crippen LogP contribution in [0.4, 0.5) is 13.2 Å². The van der Waals surface area contributed by atoms with Crippen LogP contribution in [0.25, 0.3) is 16.8 Å². The van der Waals surface area contributed by atoms with Crippen LogP contribution in [0, 0.1) is 11.3 Å². The number of methoxy groups -OCH3 is 1. The molecule has 0 fully saturated rings. The molecule has 1 aliphatic heterocycles. The molecule has 242 valence electrons. The fourth-order valence-electron chi connectivity index (χ4n) is 5.58. The van der Waals surface area contributed by atoms with Crippen molar-refractivity contribution in [1.29, 1.82) is 5.26 Å². The number of thiazole rings is 1. The van der Waals surface area contributed by atoms with Gasteiger partial charge in [0.05, 0.1) is 35.5 Å². The van der Waals surface area contributed by atoms with Crippen LogP contribution in [-0.2, 0) is 16.1 Å². The van der Waals surface area contributed by atoms with Crippen LogP contribution < -0.4 is 24.4 Å². The Morgan fingerprint density at radius 3 is 2.48 bits per heavy atom. The number of hydrogen-bond donors (Lipinski definition) is 0. The lowest BCUT2D eigenvalue weighted by Gasteiger charge is -2.28. The molecule has 0 saturated heterocycles. The Morgan fingerprint density at radius 1 is 1.04 bits per heavy atom. The van der Waals surface area contributed by atoms with E-state index >= 15 is 0 Å². The van der Waals surface area contributed by atoms with Crippen LogP contribution in [-0.4, -0.2) is 30.4 Å². The molecule has 0 amide bonds. The van der Waals surface area contributed by atoms with Gasteiger partial charge in [-0.05, 0) is 53.6 Å². The summed E-state index contributed by atoms with van der Waals surface area (Å²) < 4.78 is 61.8. The van der Waals surface area contributed by atoms with Crippen LogP contribution in [0.1, 0.15) is 35.2 Å². The van der Waals surface area contributed by atoms with Gasteiger partial charge in [0.15, 0.2) is 10.5 Å². The summed E-state index contributed by atoms with van der Waals surface area (Å²) in [5.74, 6) is -0.541. The number of rotatable bonds is 8. The molecule has 48 heavy (non-hydrogen) atoms. The number of halogens is 3. The summed E-state index contributed by atoms with van der Waals surface area (Å²) in [4.78, 5) is 31.1. The van der Waals surface area contributed by atoms with Gasteiger partial charge in [0.1, 0.15) is 24.1 Å². The summed E-state index contributed by atoms with van der Waals surface area (Å²) in [6, 6.07) is 24.7. The molecule has 12 heteroatoms. The zero-order valence-corrected chi connectivity index (χ0v) is 26.4. The highest BCUT2D eigenvalue weighted by atomic mass is 32.1. The molecule has 1 aliphatic rings. The first-order valence-corrected chi connectivity index (χ1v) is 15.5. The summed E-state index contributed by atoms with van der Waals surface area (Å²) in [6.45, 7) is 1.46. The molecule has 0 bridgehead atoms. The van der Waals surface area contributed by atoms with Crippen molar-refractivity contribution in [3.05, 3.63) is 138 Å². The van der Waals surface area contributed by atoms with Crippen molar-refractivity contribution in [2.45, 2.75) is 25.7 Å². The van der Waals surface area contributed by atoms with Crippen LogP contribution in [0.2, 0.25) is 0 Å². The van der Waals surface area contributed by atoms with Crippen molar-refractivity contribution in [2.75, 3.05) is 13.7 Å². The maximum absolute atomic E-state index is 14.7. The third-order valence-corrected chi connectivity index (χ3v) is 8.71. The van der Waals surface area contributed by atoms with Crippen molar-refractivity contribution in [1.82, 2.24) is 4.57 Å².